The minimum Gasteiger partial charge on any atom is -0.480 e. The van der Waals surface area contributed by atoms with Crippen molar-refractivity contribution in [2.45, 2.75) is 59.1 Å². The third-order valence-electron chi connectivity index (χ3n) is 4.84. The maximum Gasteiger partial charge on any atom is 0.410 e. The molecule has 6 heteroatoms. The third-order valence-corrected chi connectivity index (χ3v) is 4.84. The smallest absolute Gasteiger partial charge is 0.410 e. The van der Waals surface area contributed by atoms with Gasteiger partial charge in [-0.2, -0.15) is 0 Å². The summed E-state index contributed by atoms with van der Waals surface area (Å²) in [4.78, 5) is 27.6. The number of carboxylic acid groups (broad SMARTS) is 1. The largest absolute Gasteiger partial charge is 0.480 e. The number of nitrogens with zero attached hydrogens (tertiary/aromatic N) is 2. The summed E-state index contributed by atoms with van der Waals surface area (Å²) in [6, 6.07) is -0.440. The highest BCUT2D eigenvalue weighted by atomic mass is 16.6. The van der Waals surface area contributed by atoms with E-state index in [4.69, 9.17) is 4.74 Å². The van der Waals surface area contributed by atoms with Gasteiger partial charge in [0.05, 0.1) is 0 Å². The lowest BCUT2D eigenvalue weighted by atomic mass is 9.86. The number of hydrogen-bond acceptors (Lipinski definition) is 4. The monoisotopic (exact) mass is 326 g/mol. The van der Waals surface area contributed by atoms with E-state index < -0.39 is 17.6 Å². The van der Waals surface area contributed by atoms with Crippen molar-refractivity contribution in [1.29, 1.82) is 0 Å². The molecule has 0 aromatic carbocycles. The Morgan fingerprint density at radius 1 is 1.13 bits per heavy atom. The van der Waals surface area contributed by atoms with Crippen LogP contribution in [0.15, 0.2) is 0 Å². The quantitative estimate of drug-likeness (QED) is 0.862. The van der Waals surface area contributed by atoms with Crippen LogP contribution < -0.4 is 0 Å². The van der Waals surface area contributed by atoms with Crippen molar-refractivity contribution in [2.75, 3.05) is 26.2 Å². The van der Waals surface area contributed by atoms with Gasteiger partial charge < -0.3 is 14.7 Å². The van der Waals surface area contributed by atoms with Crippen LogP contribution in [0.4, 0.5) is 4.79 Å². The zero-order valence-electron chi connectivity index (χ0n) is 15.0. The maximum atomic E-state index is 12.2. The van der Waals surface area contributed by atoms with E-state index in [9.17, 15) is 14.7 Å². The molecule has 0 aliphatic carbocycles. The van der Waals surface area contributed by atoms with Crippen LogP contribution in [0.3, 0.4) is 0 Å². The van der Waals surface area contributed by atoms with Crippen molar-refractivity contribution >= 4 is 12.1 Å². The summed E-state index contributed by atoms with van der Waals surface area (Å²) in [5.74, 6) is -0.676. The molecule has 2 atom stereocenters. The number of ether oxygens (including phenoxy) is 1. The van der Waals surface area contributed by atoms with Crippen LogP contribution in [-0.4, -0.2) is 64.8 Å². The van der Waals surface area contributed by atoms with Crippen LogP contribution >= 0.6 is 0 Å². The first kappa shape index (κ1) is 18.0. The van der Waals surface area contributed by atoms with E-state index in [1.807, 2.05) is 34.6 Å². The first-order chi connectivity index (χ1) is 10.5. The SMILES string of the molecule is CC(C)C(C(=O)O)N1CCC2(CCN(C(=O)OC(C)(C)C)C2)C1. The van der Waals surface area contributed by atoms with Gasteiger partial charge in [-0.05, 0) is 46.1 Å². The molecular weight excluding hydrogens is 296 g/mol. The van der Waals surface area contributed by atoms with Crippen LogP contribution in [0, 0.1) is 11.3 Å². The number of aliphatic carboxylic acids is 1. The number of carboxylic acids is 1. The van der Waals surface area contributed by atoms with Gasteiger partial charge in [0.1, 0.15) is 11.6 Å². The van der Waals surface area contributed by atoms with Crippen molar-refractivity contribution in [2.24, 2.45) is 11.3 Å². The molecule has 132 valence electrons. The van der Waals surface area contributed by atoms with Crippen molar-refractivity contribution in [3.05, 3.63) is 0 Å². The van der Waals surface area contributed by atoms with Gasteiger partial charge in [0.25, 0.3) is 0 Å². The Balaban J connectivity index is 1.98. The van der Waals surface area contributed by atoms with E-state index in [2.05, 4.69) is 4.90 Å². The molecule has 0 saturated carbocycles. The highest BCUT2D eigenvalue weighted by Gasteiger charge is 2.48. The molecule has 2 rings (SSSR count). The minimum atomic E-state index is -0.751. The number of rotatable bonds is 3. The predicted octanol–water partition coefficient (Wildman–Crippen LogP) is 2.43. The zero-order valence-corrected chi connectivity index (χ0v) is 15.0. The second kappa shape index (κ2) is 6.30. The zero-order chi connectivity index (χ0) is 17.4. The van der Waals surface area contributed by atoms with Crippen molar-refractivity contribution < 1.29 is 19.4 Å². The second-order valence-electron chi connectivity index (χ2n) is 8.40. The van der Waals surface area contributed by atoms with Crippen molar-refractivity contribution in [3.63, 3.8) is 0 Å². The fourth-order valence-corrected chi connectivity index (χ4v) is 3.82. The van der Waals surface area contributed by atoms with Crippen LogP contribution in [0.25, 0.3) is 0 Å². The number of carbonyl (C=O) groups is 2. The Hall–Kier alpha value is -1.30. The Morgan fingerprint density at radius 2 is 1.74 bits per heavy atom. The van der Waals surface area contributed by atoms with Crippen molar-refractivity contribution in [1.82, 2.24) is 9.80 Å². The maximum absolute atomic E-state index is 12.2. The Kier molecular flexibility index (Phi) is 4.95. The van der Waals surface area contributed by atoms with E-state index in [0.29, 0.717) is 13.1 Å². The molecule has 2 aliphatic heterocycles. The number of likely N-dealkylation sites (tertiary alicyclic amines) is 2. The fourth-order valence-electron chi connectivity index (χ4n) is 3.82. The predicted molar refractivity (Wildman–Crippen MR) is 87.3 cm³/mol. The molecule has 1 amide bonds. The molecule has 2 aliphatic rings. The molecule has 0 radical (unpaired) electrons. The molecule has 1 N–H and O–H groups in total. The van der Waals surface area contributed by atoms with Crippen LogP contribution in [0.2, 0.25) is 0 Å². The summed E-state index contributed by atoms with van der Waals surface area (Å²) < 4.78 is 5.45. The van der Waals surface area contributed by atoms with Crippen LogP contribution in [0.5, 0.6) is 0 Å². The highest BCUT2D eigenvalue weighted by Crippen LogP contribution is 2.41. The summed E-state index contributed by atoms with van der Waals surface area (Å²) in [7, 11) is 0. The summed E-state index contributed by atoms with van der Waals surface area (Å²) >= 11 is 0. The molecule has 0 bridgehead atoms. The summed E-state index contributed by atoms with van der Waals surface area (Å²) in [6.07, 6.45) is 1.61. The Morgan fingerprint density at radius 3 is 2.26 bits per heavy atom. The average molecular weight is 326 g/mol. The van der Waals surface area contributed by atoms with Crippen LogP contribution in [0.1, 0.15) is 47.5 Å². The Labute approximate surface area is 138 Å². The lowest BCUT2D eigenvalue weighted by Gasteiger charge is -2.30. The van der Waals surface area contributed by atoms with Crippen molar-refractivity contribution in [3.8, 4) is 0 Å². The molecule has 2 heterocycles. The molecule has 0 aromatic rings. The minimum absolute atomic E-state index is 0.0273. The molecule has 23 heavy (non-hydrogen) atoms. The normalized spacial score (nSPS) is 27.0. The first-order valence-electron chi connectivity index (χ1n) is 8.48. The molecule has 1 spiro atoms. The van der Waals surface area contributed by atoms with Gasteiger partial charge in [0.2, 0.25) is 0 Å². The molecule has 0 aromatic heterocycles. The van der Waals surface area contributed by atoms with Gasteiger partial charge in [-0.3, -0.25) is 9.69 Å². The highest BCUT2D eigenvalue weighted by molar-refractivity contribution is 5.74. The average Bonchev–Trinajstić information content (AvgIpc) is 2.95. The molecular formula is C17H30N2O4. The van der Waals surface area contributed by atoms with Gasteiger partial charge in [-0.15, -0.1) is 0 Å². The van der Waals surface area contributed by atoms with E-state index in [1.54, 1.807) is 4.90 Å². The number of amides is 1. The van der Waals surface area contributed by atoms with Gasteiger partial charge in [-0.25, -0.2) is 4.79 Å². The summed E-state index contributed by atoms with van der Waals surface area (Å²) in [5, 5.41) is 9.48. The third kappa shape index (κ3) is 4.16. The van der Waals surface area contributed by atoms with Gasteiger partial charge in [0, 0.05) is 25.0 Å². The van der Waals surface area contributed by atoms with E-state index in [0.717, 1.165) is 25.9 Å². The van der Waals surface area contributed by atoms with E-state index in [1.165, 1.54) is 0 Å². The van der Waals surface area contributed by atoms with Gasteiger partial charge >= 0.3 is 12.1 Å². The van der Waals surface area contributed by atoms with E-state index in [-0.39, 0.29) is 17.4 Å². The second-order valence-corrected chi connectivity index (χ2v) is 8.40. The fraction of sp³-hybridized carbons (Fsp3) is 0.882. The lowest BCUT2D eigenvalue weighted by molar-refractivity contribution is -0.144. The molecule has 2 saturated heterocycles. The standard InChI is InChI=1S/C17H30N2O4/c1-12(2)13(14(20)21)18-8-6-17(10-18)7-9-19(11-17)15(22)23-16(3,4)5/h12-13H,6-11H2,1-5H3,(H,20,21). The van der Waals surface area contributed by atoms with Crippen LogP contribution in [-0.2, 0) is 9.53 Å². The first-order valence-corrected chi connectivity index (χ1v) is 8.48. The Bertz CT molecular complexity index is 472. The molecule has 6 nitrogen and oxygen atoms in total. The lowest BCUT2D eigenvalue weighted by Crippen LogP contribution is -2.45. The number of carbonyl (C=O) groups excluding carboxylic acids is 1. The molecule has 2 unspecified atom stereocenters. The molecule has 2 fully saturated rings. The van der Waals surface area contributed by atoms with Gasteiger partial charge in [-0.1, -0.05) is 13.8 Å². The number of hydrogen-bond donors (Lipinski definition) is 1. The summed E-state index contributed by atoms with van der Waals surface area (Å²) in [6.45, 7) is 12.4. The summed E-state index contributed by atoms with van der Waals surface area (Å²) in [5.41, 5.74) is -0.458. The van der Waals surface area contributed by atoms with Gasteiger partial charge in [0.15, 0.2) is 0 Å². The topological polar surface area (TPSA) is 70.1 Å². The van der Waals surface area contributed by atoms with E-state index >= 15 is 0 Å².